The van der Waals surface area contributed by atoms with Crippen molar-refractivity contribution in [3.05, 3.63) is 71.3 Å². The van der Waals surface area contributed by atoms with Crippen molar-refractivity contribution >= 4 is 22.7 Å². The molecule has 8 heteroatoms. The van der Waals surface area contributed by atoms with E-state index in [0.717, 1.165) is 23.8 Å². The van der Waals surface area contributed by atoms with E-state index in [0.29, 0.717) is 19.4 Å². The van der Waals surface area contributed by atoms with Gasteiger partial charge in [0.1, 0.15) is 28.2 Å². The van der Waals surface area contributed by atoms with Crippen LogP contribution >= 0.6 is 11.8 Å². The molecule has 0 aromatic heterocycles. The van der Waals surface area contributed by atoms with Crippen molar-refractivity contribution in [1.82, 2.24) is 5.01 Å². The summed E-state index contributed by atoms with van der Waals surface area (Å²) < 4.78 is 33.1. The monoisotopic (exact) mass is 405 g/mol. The van der Waals surface area contributed by atoms with Crippen molar-refractivity contribution in [1.29, 1.82) is 0 Å². The van der Waals surface area contributed by atoms with Gasteiger partial charge < -0.3 is 10.5 Å². The molecule has 1 atom stereocenters. The Morgan fingerprint density at radius 2 is 2.00 bits per heavy atom. The number of nitrogens with two attached hydrogens (primary N) is 1. The number of hydrazone groups is 1. The first-order valence-corrected chi connectivity index (χ1v) is 9.64. The molecule has 0 bridgehead atoms. The highest BCUT2D eigenvalue weighted by Crippen LogP contribution is 2.50. The van der Waals surface area contributed by atoms with Gasteiger partial charge in [0.15, 0.2) is 0 Å². The zero-order valence-corrected chi connectivity index (χ0v) is 16.2. The van der Waals surface area contributed by atoms with E-state index in [9.17, 15) is 13.6 Å². The van der Waals surface area contributed by atoms with Crippen molar-refractivity contribution < 1.29 is 18.3 Å². The molecule has 148 valence electrons. The minimum Gasteiger partial charge on any atom is -0.375 e. The fraction of sp³-hybridized carbons (Fsp3) is 0.300. The normalized spacial score (nSPS) is 19.0. The third-order valence-corrected chi connectivity index (χ3v) is 5.85. The molecule has 0 fully saturated rings. The van der Waals surface area contributed by atoms with Crippen molar-refractivity contribution in [2.45, 2.75) is 17.7 Å². The number of benzene rings is 2. The van der Waals surface area contributed by atoms with Crippen molar-refractivity contribution in [2.24, 2.45) is 10.8 Å². The van der Waals surface area contributed by atoms with Gasteiger partial charge >= 0.3 is 0 Å². The maximum absolute atomic E-state index is 14.4. The molecular weight excluding hydrogens is 384 g/mol. The molecule has 28 heavy (non-hydrogen) atoms. The Balaban J connectivity index is 2.12. The average molecular weight is 405 g/mol. The smallest absolute Gasteiger partial charge is 0.270 e. The molecule has 2 aromatic rings. The van der Waals surface area contributed by atoms with E-state index in [4.69, 9.17) is 10.5 Å². The standard InChI is InChI=1S/C20H21F2N3O2S/c1-27-13-18(26)25-20(10-5-11-23,14-6-3-2-4-7-14)28-19(24-25)16-12-15(21)8-9-17(16)22/h2-4,6-9,12H,5,10-11,13,23H2,1H3. The molecule has 0 spiro atoms. The lowest BCUT2D eigenvalue weighted by atomic mass is 10.00. The summed E-state index contributed by atoms with van der Waals surface area (Å²) in [6.07, 6.45) is 1.12. The van der Waals surface area contributed by atoms with Crippen LogP contribution in [-0.2, 0) is 14.4 Å². The fourth-order valence-corrected chi connectivity index (χ4v) is 4.57. The second-order valence-electron chi connectivity index (χ2n) is 6.31. The van der Waals surface area contributed by atoms with Crippen LogP contribution in [0.4, 0.5) is 8.78 Å². The van der Waals surface area contributed by atoms with Gasteiger partial charge in [-0.05, 0) is 43.1 Å². The Hall–Kier alpha value is -2.29. The molecule has 0 radical (unpaired) electrons. The number of ether oxygens (including phenoxy) is 1. The van der Waals surface area contributed by atoms with Gasteiger partial charge in [-0.3, -0.25) is 4.79 Å². The Labute approximate surface area is 166 Å². The number of amides is 1. The molecule has 1 amide bonds. The van der Waals surface area contributed by atoms with E-state index in [1.807, 2.05) is 30.3 Å². The summed E-state index contributed by atoms with van der Waals surface area (Å²) in [5.41, 5.74) is 6.58. The Morgan fingerprint density at radius 3 is 2.68 bits per heavy atom. The molecule has 1 aliphatic rings. The molecule has 3 rings (SSSR count). The Morgan fingerprint density at radius 1 is 1.25 bits per heavy atom. The van der Waals surface area contributed by atoms with Crippen LogP contribution in [0.2, 0.25) is 0 Å². The number of halogens is 2. The zero-order chi connectivity index (χ0) is 20.1. The third kappa shape index (κ3) is 3.94. The summed E-state index contributed by atoms with van der Waals surface area (Å²) in [7, 11) is 1.42. The SMILES string of the molecule is COCC(=O)N1N=C(c2cc(F)ccc2F)SC1(CCCN)c1ccccc1. The first-order valence-electron chi connectivity index (χ1n) is 8.82. The lowest BCUT2D eigenvalue weighted by molar-refractivity contribution is -0.138. The maximum atomic E-state index is 14.4. The molecule has 0 saturated heterocycles. The van der Waals surface area contributed by atoms with Gasteiger partial charge in [-0.15, -0.1) is 0 Å². The first-order chi connectivity index (χ1) is 13.5. The van der Waals surface area contributed by atoms with Crippen LogP contribution in [-0.4, -0.2) is 36.2 Å². The van der Waals surface area contributed by atoms with Crippen LogP contribution in [0.3, 0.4) is 0 Å². The minimum atomic E-state index is -0.912. The molecule has 0 aliphatic carbocycles. The number of methoxy groups -OCH3 is 1. The topological polar surface area (TPSA) is 67.9 Å². The van der Waals surface area contributed by atoms with E-state index in [1.165, 1.54) is 23.9 Å². The highest BCUT2D eigenvalue weighted by atomic mass is 32.2. The van der Waals surface area contributed by atoms with E-state index < -0.39 is 16.5 Å². The van der Waals surface area contributed by atoms with Crippen LogP contribution in [0.5, 0.6) is 0 Å². The number of carbonyl (C=O) groups is 1. The summed E-state index contributed by atoms with van der Waals surface area (Å²) in [4.78, 5) is 11.9. The van der Waals surface area contributed by atoms with Gasteiger partial charge in [0.05, 0.1) is 0 Å². The predicted molar refractivity (Wildman–Crippen MR) is 106 cm³/mol. The second-order valence-corrected chi connectivity index (χ2v) is 7.58. The molecule has 1 heterocycles. The molecule has 2 aromatic carbocycles. The summed E-state index contributed by atoms with van der Waals surface area (Å²) in [6, 6.07) is 12.6. The average Bonchev–Trinajstić information content (AvgIpc) is 3.10. The largest absolute Gasteiger partial charge is 0.375 e. The number of hydrogen-bond acceptors (Lipinski definition) is 5. The summed E-state index contributed by atoms with van der Waals surface area (Å²) >= 11 is 1.23. The Bertz CT molecular complexity index is 879. The molecular formula is C20H21F2N3O2S. The van der Waals surface area contributed by atoms with E-state index in [-0.39, 0.29) is 23.1 Å². The lowest BCUT2D eigenvalue weighted by Crippen LogP contribution is -2.43. The lowest BCUT2D eigenvalue weighted by Gasteiger charge is -2.35. The van der Waals surface area contributed by atoms with Gasteiger partial charge in [-0.1, -0.05) is 42.1 Å². The summed E-state index contributed by atoms with van der Waals surface area (Å²) in [6.45, 7) is 0.241. The molecule has 2 N–H and O–H groups in total. The van der Waals surface area contributed by atoms with E-state index in [2.05, 4.69) is 5.10 Å². The number of thioether (sulfide) groups is 1. The maximum Gasteiger partial charge on any atom is 0.270 e. The summed E-state index contributed by atoms with van der Waals surface area (Å²) in [5, 5.41) is 5.96. The highest BCUT2D eigenvalue weighted by Gasteiger charge is 2.48. The van der Waals surface area contributed by atoms with Gasteiger partial charge in [-0.2, -0.15) is 5.10 Å². The first kappa shape index (κ1) is 20.4. The minimum absolute atomic E-state index is 0.0192. The third-order valence-electron chi connectivity index (χ3n) is 4.41. The molecule has 1 aliphatic heterocycles. The molecule has 1 unspecified atom stereocenters. The fourth-order valence-electron chi connectivity index (χ4n) is 3.13. The van der Waals surface area contributed by atoms with Crippen molar-refractivity contribution in [2.75, 3.05) is 20.3 Å². The van der Waals surface area contributed by atoms with Gasteiger partial charge in [0.2, 0.25) is 0 Å². The van der Waals surface area contributed by atoms with Crippen molar-refractivity contribution in [3.8, 4) is 0 Å². The number of nitrogens with zero attached hydrogens (tertiary/aromatic N) is 2. The summed E-state index contributed by atoms with van der Waals surface area (Å²) in [5.74, 6) is -1.55. The van der Waals surface area contributed by atoms with Crippen LogP contribution in [0.1, 0.15) is 24.0 Å². The van der Waals surface area contributed by atoms with Gasteiger partial charge in [-0.25, -0.2) is 13.8 Å². The van der Waals surface area contributed by atoms with E-state index in [1.54, 1.807) is 0 Å². The zero-order valence-electron chi connectivity index (χ0n) is 15.4. The predicted octanol–water partition coefficient (Wildman–Crippen LogP) is 3.44. The quantitative estimate of drug-likeness (QED) is 0.766. The molecule has 5 nitrogen and oxygen atoms in total. The molecule has 0 saturated carbocycles. The Kier molecular flexibility index (Phi) is 6.43. The van der Waals surface area contributed by atoms with Crippen LogP contribution in [0, 0.1) is 11.6 Å². The number of rotatable bonds is 7. The van der Waals surface area contributed by atoms with Crippen LogP contribution in [0.15, 0.2) is 53.6 Å². The number of hydrogen-bond donors (Lipinski definition) is 1. The van der Waals surface area contributed by atoms with Gasteiger partial charge in [0, 0.05) is 12.7 Å². The van der Waals surface area contributed by atoms with Crippen LogP contribution < -0.4 is 5.73 Å². The van der Waals surface area contributed by atoms with Crippen molar-refractivity contribution in [3.63, 3.8) is 0 Å². The van der Waals surface area contributed by atoms with E-state index >= 15 is 0 Å². The number of carbonyl (C=O) groups excluding carboxylic acids is 1. The second kappa shape index (κ2) is 8.81. The van der Waals surface area contributed by atoms with Crippen LogP contribution in [0.25, 0.3) is 0 Å². The van der Waals surface area contributed by atoms with Gasteiger partial charge in [0.25, 0.3) is 5.91 Å². The highest BCUT2D eigenvalue weighted by molar-refractivity contribution is 8.15.